The van der Waals surface area contributed by atoms with Crippen LogP contribution in [0.1, 0.15) is 23.5 Å². The summed E-state index contributed by atoms with van der Waals surface area (Å²) in [6.07, 6.45) is -4.39. The summed E-state index contributed by atoms with van der Waals surface area (Å²) in [5.74, 6) is -1.43. The van der Waals surface area contributed by atoms with Crippen LogP contribution in [0.25, 0.3) is 11.2 Å². The molecule has 6 N–H and O–H groups in total. The van der Waals surface area contributed by atoms with E-state index in [4.69, 9.17) is 14.7 Å². The van der Waals surface area contributed by atoms with Crippen molar-refractivity contribution in [1.29, 1.82) is 0 Å². The number of para-hydroxylation sites is 1. The third-order valence-electron chi connectivity index (χ3n) is 5.04. The Bertz CT molecular complexity index is 1300. The number of ether oxygens (including phenoxy) is 1. The maximum absolute atomic E-state index is 12.3. The lowest BCUT2D eigenvalue weighted by Gasteiger charge is -2.22. The topological polar surface area (TPSA) is 212 Å². The fourth-order valence-corrected chi connectivity index (χ4v) is 4.37. The van der Waals surface area contributed by atoms with Gasteiger partial charge in [0.05, 0.1) is 11.9 Å². The Labute approximate surface area is 186 Å². The number of carbonyl (C=O) groups is 1. The van der Waals surface area contributed by atoms with Crippen molar-refractivity contribution in [2.75, 3.05) is 5.73 Å². The van der Waals surface area contributed by atoms with Gasteiger partial charge in [0, 0.05) is 0 Å². The van der Waals surface area contributed by atoms with E-state index >= 15 is 0 Å². The average molecular weight is 480 g/mol. The Kier molecular flexibility index (Phi) is 5.89. The molecule has 0 saturated carbocycles. The highest BCUT2D eigenvalue weighted by Gasteiger charge is 2.48. The summed E-state index contributed by atoms with van der Waals surface area (Å²) >= 11 is 0. The summed E-state index contributed by atoms with van der Waals surface area (Å²) < 4.78 is 38.2. The molecule has 1 fully saturated rings. The second-order valence-corrected chi connectivity index (χ2v) is 8.56. The van der Waals surface area contributed by atoms with E-state index in [1.165, 1.54) is 48.4 Å². The molecule has 14 nitrogen and oxygen atoms in total. The van der Waals surface area contributed by atoms with Gasteiger partial charge in [-0.25, -0.2) is 23.9 Å². The van der Waals surface area contributed by atoms with Crippen LogP contribution in [-0.2, 0) is 19.2 Å². The van der Waals surface area contributed by atoms with E-state index in [1.807, 2.05) is 0 Å². The van der Waals surface area contributed by atoms with Crippen molar-refractivity contribution >= 4 is 33.2 Å². The quantitative estimate of drug-likeness (QED) is 0.282. The largest absolute Gasteiger partial charge is 0.507 e. The van der Waals surface area contributed by atoms with Gasteiger partial charge >= 0.3 is 10.3 Å². The number of benzene rings is 1. The van der Waals surface area contributed by atoms with E-state index in [2.05, 4.69) is 15.0 Å². The number of imidazole rings is 1. The van der Waals surface area contributed by atoms with Crippen molar-refractivity contribution in [3.8, 4) is 5.75 Å². The maximum Gasteiger partial charge on any atom is 0.362 e. The Balaban J connectivity index is 1.49. The molecule has 5 atom stereocenters. The van der Waals surface area contributed by atoms with Gasteiger partial charge in [-0.15, -0.1) is 0 Å². The Morgan fingerprint density at radius 2 is 1.97 bits per heavy atom. The van der Waals surface area contributed by atoms with Gasteiger partial charge in [0.15, 0.2) is 17.7 Å². The molecule has 2 aromatic heterocycles. The molecule has 3 heterocycles. The minimum absolute atomic E-state index is 0.103. The number of nitrogens with zero attached hydrogens (tertiary/aromatic N) is 4. The number of amides is 1. The zero-order valence-corrected chi connectivity index (χ0v) is 17.8. The highest BCUT2D eigenvalue weighted by Crippen LogP contribution is 2.34. The highest BCUT2D eigenvalue weighted by atomic mass is 32.2. The number of aromatic hydroxyl groups is 1. The van der Waals surface area contributed by atoms with E-state index < -0.39 is 52.6 Å². The summed E-state index contributed by atoms with van der Waals surface area (Å²) in [5, 5.41) is 30.7. The number of fused-ring (bicyclic) bond motifs is 1. The lowest BCUT2D eigenvalue weighted by atomic mass is 10.1. The van der Waals surface area contributed by atoms with Crippen molar-refractivity contribution in [1.82, 2.24) is 24.2 Å². The van der Waals surface area contributed by atoms with Gasteiger partial charge in [-0.05, 0) is 19.1 Å². The third kappa shape index (κ3) is 4.31. The lowest BCUT2D eigenvalue weighted by molar-refractivity contribution is -0.0696. The third-order valence-corrected chi connectivity index (χ3v) is 6.04. The van der Waals surface area contributed by atoms with Gasteiger partial charge in [0.2, 0.25) is 0 Å². The van der Waals surface area contributed by atoms with E-state index in [-0.39, 0.29) is 22.5 Å². The van der Waals surface area contributed by atoms with Crippen LogP contribution < -0.4 is 10.5 Å². The summed E-state index contributed by atoms with van der Waals surface area (Å²) in [5.41, 5.74) is 5.96. The molecule has 1 aromatic carbocycles. The monoisotopic (exact) mass is 480 g/mol. The van der Waals surface area contributed by atoms with Crippen molar-refractivity contribution in [3.63, 3.8) is 0 Å². The Hall–Kier alpha value is -3.37. The number of rotatable bonds is 6. The fourth-order valence-electron chi connectivity index (χ4n) is 3.47. The first kappa shape index (κ1) is 22.8. The zero-order valence-electron chi connectivity index (χ0n) is 17.0. The summed E-state index contributed by atoms with van der Waals surface area (Å²) in [7, 11) is -4.67. The molecule has 0 bridgehead atoms. The second-order valence-electron chi connectivity index (χ2n) is 7.26. The highest BCUT2D eigenvalue weighted by molar-refractivity contribution is 7.85. The maximum atomic E-state index is 12.3. The van der Waals surface area contributed by atoms with Crippen LogP contribution in [0.4, 0.5) is 5.82 Å². The minimum Gasteiger partial charge on any atom is -0.507 e. The first-order chi connectivity index (χ1) is 15.6. The molecule has 1 saturated heterocycles. The van der Waals surface area contributed by atoms with E-state index in [1.54, 1.807) is 4.72 Å². The number of nitrogen functional groups attached to an aromatic ring is 1. The van der Waals surface area contributed by atoms with Crippen molar-refractivity contribution in [3.05, 3.63) is 42.5 Å². The van der Waals surface area contributed by atoms with Crippen LogP contribution >= 0.6 is 0 Å². The van der Waals surface area contributed by atoms with Gasteiger partial charge in [-0.3, -0.25) is 9.36 Å². The van der Waals surface area contributed by atoms with E-state index in [9.17, 15) is 28.5 Å². The van der Waals surface area contributed by atoms with E-state index in [0.717, 1.165) is 0 Å². The number of aliphatic hydroxyl groups is 2. The Morgan fingerprint density at radius 3 is 2.70 bits per heavy atom. The number of nitrogens with one attached hydrogen (secondary N) is 1. The predicted molar refractivity (Wildman–Crippen MR) is 111 cm³/mol. The van der Waals surface area contributed by atoms with Crippen molar-refractivity contribution in [2.45, 2.75) is 37.6 Å². The second kappa shape index (κ2) is 8.53. The Morgan fingerprint density at radius 1 is 1.24 bits per heavy atom. The van der Waals surface area contributed by atoms with Crippen LogP contribution in [0.15, 0.2) is 36.9 Å². The predicted octanol–water partition coefficient (Wildman–Crippen LogP) is -1.19. The number of nitrogens with two attached hydrogens (primary N) is 1. The molecule has 15 heteroatoms. The van der Waals surface area contributed by atoms with Crippen molar-refractivity contribution in [2.24, 2.45) is 0 Å². The fraction of sp³-hybridized carbons (Fsp3) is 0.333. The molecule has 0 spiro atoms. The van der Waals surface area contributed by atoms with E-state index in [0.29, 0.717) is 0 Å². The van der Waals surface area contributed by atoms with Crippen LogP contribution in [0, 0.1) is 0 Å². The molecule has 176 valence electrons. The number of aromatic nitrogens is 4. The molecule has 0 radical (unpaired) electrons. The van der Waals surface area contributed by atoms with Crippen LogP contribution in [-0.4, -0.2) is 73.6 Å². The van der Waals surface area contributed by atoms with Crippen LogP contribution in [0.3, 0.4) is 0 Å². The number of carbonyl (C=O) groups excluding carboxylic acids is 1. The lowest BCUT2D eigenvalue weighted by Crippen LogP contribution is -2.42. The molecule has 1 amide bonds. The van der Waals surface area contributed by atoms with Crippen LogP contribution in [0.2, 0.25) is 0 Å². The molecule has 1 aliphatic rings. The molecule has 1 aliphatic heterocycles. The average Bonchev–Trinajstić information content (AvgIpc) is 3.30. The number of anilines is 1. The molecular weight excluding hydrogens is 460 g/mol. The number of phenolic OH excluding ortho intramolecular Hbond substituents is 1. The van der Waals surface area contributed by atoms with Gasteiger partial charge in [0.1, 0.15) is 42.0 Å². The molecular formula is C18H20N6O8S. The number of hydrogen-bond donors (Lipinski definition) is 5. The minimum atomic E-state index is -4.67. The number of hydrogen-bond acceptors (Lipinski definition) is 12. The molecule has 3 aromatic rings. The molecule has 0 unspecified atom stereocenters. The normalized spacial score (nSPS) is 24.1. The molecule has 33 heavy (non-hydrogen) atoms. The molecule has 0 aliphatic carbocycles. The van der Waals surface area contributed by atoms with Crippen LogP contribution in [0.5, 0.6) is 5.75 Å². The zero-order chi connectivity index (χ0) is 23.9. The summed E-state index contributed by atoms with van der Waals surface area (Å²) in [6, 6.07) is 5.34. The number of phenols is 1. The number of aliphatic hydroxyl groups excluding tert-OH is 2. The summed E-state index contributed by atoms with van der Waals surface area (Å²) in [4.78, 5) is 24.1. The first-order valence-electron chi connectivity index (χ1n) is 9.57. The first-order valence-corrected chi connectivity index (χ1v) is 11.0. The van der Waals surface area contributed by atoms with Gasteiger partial charge in [-0.2, -0.15) is 8.42 Å². The standard InChI is InChI=1S/C18H20N6O8S/c1-8(32-33(29,30)23-17(28)9-4-2-3-5-10(9)25)14-12(26)13(27)18(31-14)24-7-22-11-15(19)20-6-21-16(11)24/h2-8,12-14,18,25-27H,1H3,(H,23,28)(H2,19,20,21)/t8-,12-,13+,14+,18+/m0/s1. The SMILES string of the molecule is C[C@H](OS(=O)(=O)NC(=O)c1ccccc1O)[C@H]1O[C@@H](n2cnc3c(N)ncnc32)[C@H](O)[C@@H]1O. The smallest absolute Gasteiger partial charge is 0.362 e. The van der Waals surface area contributed by atoms with Gasteiger partial charge < -0.3 is 25.8 Å². The van der Waals surface area contributed by atoms with Gasteiger partial charge in [0.25, 0.3) is 5.91 Å². The summed E-state index contributed by atoms with van der Waals surface area (Å²) in [6.45, 7) is 1.28. The molecule has 4 rings (SSSR count). The van der Waals surface area contributed by atoms with Crippen molar-refractivity contribution < 1.29 is 37.5 Å². The van der Waals surface area contributed by atoms with Gasteiger partial charge in [-0.1, -0.05) is 12.1 Å².